The zero-order chi connectivity index (χ0) is 22.9. The maximum Gasteiger partial charge on any atom is 0.322 e. The second kappa shape index (κ2) is 17.9. The Kier molecular flexibility index (Phi) is 19.4. The first-order valence-electron chi connectivity index (χ1n) is 8.43. The van der Waals surface area contributed by atoms with E-state index >= 15 is 0 Å². The number of aliphatic hydroxyl groups excluding tert-OH is 1. The van der Waals surface area contributed by atoms with Crippen molar-refractivity contribution in [2.75, 3.05) is 13.2 Å². The summed E-state index contributed by atoms with van der Waals surface area (Å²) in [7, 11) is 0. The van der Waals surface area contributed by atoms with E-state index in [-0.39, 0.29) is 11.9 Å². The van der Waals surface area contributed by atoms with Crippen LogP contribution in [-0.2, 0) is 14.4 Å². The van der Waals surface area contributed by atoms with Crippen LogP contribution in [0.25, 0.3) is 0 Å². The van der Waals surface area contributed by atoms with Crippen LogP contribution < -0.4 is 28.7 Å². The van der Waals surface area contributed by atoms with Crippen molar-refractivity contribution in [3.05, 3.63) is 0 Å². The van der Waals surface area contributed by atoms with Crippen molar-refractivity contribution in [2.24, 2.45) is 39.6 Å². The smallest absolute Gasteiger partial charge is 0.322 e. The number of guanidine groups is 1. The molecule has 0 aromatic rings. The van der Waals surface area contributed by atoms with Gasteiger partial charge in [-0.2, -0.15) is 0 Å². The lowest BCUT2D eigenvalue weighted by molar-refractivity contribution is -0.140. The quantitative estimate of drug-likeness (QED) is 0.101. The van der Waals surface area contributed by atoms with Gasteiger partial charge in [-0.15, -0.1) is 0 Å². The zero-order valence-corrected chi connectivity index (χ0v) is 16.2. The highest BCUT2D eigenvalue weighted by Crippen LogP contribution is 2.04. The van der Waals surface area contributed by atoms with E-state index in [1.807, 2.05) is 13.8 Å². The van der Waals surface area contributed by atoms with Gasteiger partial charge in [0.1, 0.15) is 18.1 Å². The van der Waals surface area contributed by atoms with Gasteiger partial charge in [-0.1, -0.05) is 20.3 Å². The van der Waals surface area contributed by atoms with E-state index in [2.05, 4.69) is 4.99 Å². The lowest BCUT2D eigenvalue weighted by Gasteiger charge is -2.11. The maximum atomic E-state index is 10.2. The summed E-state index contributed by atoms with van der Waals surface area (Å²) in [5, 5.41) is 32.6. The molecular formula is C15H34N6O7. The highest BCUT2D eigenvalue weighted by atomic mass is 16.4. The van der Waals surface area contributed by atoms with Crippen LogP contribution >= 0.6 is 0 Å². The number of rotatable bonds is 10. The van der Waals surface area contributed by atoms with E-state index in [1.54, 1.807) is 0 Å². The molecule has 0 bridgehead atoms. The molecule has 0 radical (unpaired) electrons. The molecule has 166 valence electrons. The highest BCUT2D eigenvalue weighted by molar-refractivity contribution is 5.75. The van der Waals surface area contributed by atoms with Crippen molar-refractivity contribution in [3.8, 4) is 0 Å². The minimum Gasteiger partial charge on any atom is -0.480 e. The number of carbonyl (C=O) groups is 3. The van der Waals surface area contributed by atoms with Gasteiger partial charge in [-0.05, 0) is 18.8 Å². The first-order chi connectivity index (χ1) is 12.8. The Balaban J connectivity index is -0.000000349. The van der Waals surface area contributed by atoms with Gasteiger partial charge >= 0.3 is 17.9 Å². The fourth-order valence-corrected chi connectivity index (χ4v) is 1.22. The molecule has 1 unspecified atom stereocenters. The molecule has 13 heteroatoms. The standard InChI is InChI=1S/C6H14N4O2.C6H13NO2.C3H7NO3/c7-4(5(11)12)2-1-3-10-6(8)9;1-3-4(2)5(7)6(8)9;4-2(1-5)3(6)7/h4H,1-3,7H2,(H,11,12)(H4,8,9,10);4-5H,3,7H2,1-2H3,(H,8,9);2,5H,1,4H2,(H,6,7)/t4-;4?,5-;2-/m111/s1. The molecule has 4 atom stereocenters. The summed E-state index contributed by atoms with van der Waals surface area (Å²) in [6.45, 7) is 3.67. The number of aliphatic imine (C=N–C) groups is 1. The molecule has 0 fully saturated rings. The van der Waals surface area contributed by atoms with Crippen molar-refractivity contribution in [3.63, 3.8) is 0 Å². The molecule has 0 aliphatic heterocycles. The summed E-state index contributed by atoms with van der Waals surface area (Å²) in [5.74, 6) is -3.01. The molecule has 0 rings (SSSR count). The SMILES string of the molecule is CCC(C)[C@@H](N)C(=O)O.NC(N)=NCCC[C@@H](N)C(=O)O.N[C@H](CO)C(=O)O. The Morgan fingerprint density at radius 1 is 0.929 bits per heavy atom. The van der Waals surface area contributed by atoms with Crippen molar-refractivity contribution in [2.45, 2.75) is 51.2 Å². The van der Waals surface area contributed by atoms with Gasteiger partial charge in [0.25, 0.3) is 0 Å². The summed E-state index contributed by atoms with van der Waals surface area (Å²) >= 11 is 0. The fraction of sp³-hybridized carbons (Fsp3) is 0.733. The number of carboxylic acids is 3. The van der Waals surface area contributed by atoms with Gasteiger partial charge in [0, 0.05) is 6.54 Å². The molecule has 0 aliphatic rings. The van der Waals surface area contributed by atoms with E-state index in [9.17, 15) is 14.4 Å². The van der Waals surface area contributed by atoms with Gasteiger partial charge in [-0.25, -0.2) is 0 Å². The van der Waals surface area contributed by atoms with E-state index in [0.717, 1.165) is 6.42 Å². The minimum atomic E-state index is -1.18. The molecule has 28 heavy (non-hydrogen) atoms. The van der Waals surface area contributed by atoms with Gasteiger partial charge < -0.3 is 49.1 Å². The predicted molar refractivity (Wildman–Crippen MR) is 103 cm³/mol. The molecule has 0 aliphatic carbocycles. The Morgan fingerprint density at radius 3 is 1.61 bits per heavy atom. The van der Waals surface area contributed by atoms with Crippen LogP contribution in [0.15, 0.2) is 4.99 Å². The van der Waals surface area contributed by atoms with Crippen molar-refractivity contribution in [1.82, 2.24) is 0 Å². The summed E-state index contributed by atoms with van der Waals surface area (Å²) in [5.41, 5.74) is 25.4. The molecule has 0 saturated heterocycles. The molecule has 0 spiro atoms. The zero-order valence-electron chi connectivity index (χ0n) is 16.2. The molecular weight excluding hydrogens is 376 g/mol. The van der Waals surface area contributed by atoms with Gasteiger partial charge in [-0.3, -0.25) is 19.4 Å². The van der Waals surface area contributed by atoms with E-state index in [4.69, 9.17) is 49.1 Å². The number of carboxylic acid groups (broad SMARTS) is 3. The Labute approximate surface area is 163 Å². The topological polar surface area (TPSA) is 275 Å². The Morgan fingerprint density at radius 2 is 1.39 bits per heavy atom. The third-order valence-corrected chi connectivity index (χ3v) is 3.34. The highest BCUT2D eigenvalue weighted by Gasteiger charge is 2.17. The summed E-state index contributed by atoms with van der Waals surface area (Å²) in [6, 6.07) is -2.64. The fourth-order valence-electron chi connectivity index (χ4n) is 1.22. The van der Waals surface area contributed by atoms with Crippen LogP contribution in [0.1, 0.15) is 33.1 Å². The van der Waals surface area contributed by atoms with Crippen molar-refractivity contribution in [1.29, 1.82) is 0 Å². The molecule has 0 saturated carbocycles. The number of hydrogen-bond donors (Lipinski definition) is 9. The average Bonchev–Trinajstić information content (AvgIpc) is 2.63. The van der Waals surface area contributed by atoms with Crippen LogP contribution in [0.4, 0.5) is 0 Å². The number of hydrogen-bond acceptors (Lipinski definition) is 8. The second-order valence-electron chi connectivity index (χ2n) is 5.77. The lowest BCUT2D eigenvalue weighted by atomic mass is 10.0. The summed E-state index contributed by atoms with van der Waals surface area (Å²) in [6.07, 6.45) is 1.77. The van der Waals surface area contributed by atoms with Crippen LogP contribution in [0.5, 0.6) is 0 Å². The molecule has 0 amide bonds. The number of nitrogens with two attached hydrogens (primary N) is 5. The molecule has 13 nitrogen and oxygen atoms in total. The third kappa shape index (κ3) is 19.8. The largest absolute Gasteiger partial charge is 0.480 e. The minimum absolute atomic E-state index is 0.0129. The summed E-state index contributed by atoms with van der Waals surface area (Å²) in [4.78, 5) is 33.7. The summed E-state index contributed by atoms with van der Waals surface area (Å²) < 4.78 is 0. The average molecular weight is 410 g/mol. The second-order valence-corrected chi connectivity index (χ2v) is 5.77. The normalized spacial score (nSPS) is 13.9. The van der Waals surface area contributed by atoms with Crippen molar-refractivity contribution >= 4 is 23.9 Å². The Bertz CT molecular complexity index is 486. The molecule has 0 heterocycles. The van der Waals surface area contributed by atoms with Crippen LogP contribution in [0.3, 0.4) is 0 Å². The maximum absolute atomic E-state index is 10.2. The lowest BCUT2D eigenvalue weighted by Crippen LogP contribution is -2.36. The van der Waals surface area contributed by atoms with Crippen LogP contribution in [0.2, 0.25) is 0 Å². The van der Waals surface area contributed by atoms with Gasteiger partial charge in [0.2, 0.25) is 0 Å². The number of nitrogens with zero attached hydrogens (tertiary/aromatic N) is 1. The van der Waals surface area contributed by atoms with E-state index in [1.165, 1.54) is 0 Å². The predicted octanol–water partition coefficient (Wildman–Crippen LogP) is -2.71. The number of aliphatic carboxylic acids is 3. The number of aliphatic hydroxyl groups is 1. The third-order valence-electron chi connectivity index (χ3n) is 3.34. The van der Waals surface area contributed by atoms with E-state index < -0.39 is 42.6 Å². The molecule has 0 aromatic carbocycles. The van der Waals surface area contributed by atoms with Crippen molar-refractivity contribution < 1.29 is 34.8 Å². The molecule has 0 aromatic heterocycles. The van der Waals surface area contributed by atoms with Crippen LogP contribution in [-0.4, -0.2) is 75.6 Å². The molecule has 14 N–H and O–H groups in total. The van der Waals surface area contributed by atoms with Crippen LogP contribution in [0, 0.1) is 5.92 Å². The van der Waals surface area contributed by atoms with Gasteiger partial charge in [0.15, 0.2) is 5.96 Å². The Hall–Kier alpha value is -2.48. The monoisotopic (exact) mass is 410 g/mol. The van der Waals surface area contributed by atoms with Gasteiger partial charge in [0.05, 0.1) is 6.61 Å². The first kappa shape index (κ1) is 30.3. The van der Waals surface area contributed by atoms with E-state index in [0.29, 0.717) is 19.4 Å². The first-order valence-corrected chi connectivity index (χ1v) is 8.43.